The molecule has 0 aliphatic carbocycles. The van der Waals surface area contributed by atoms with E-state index in [-0.39, 0.29) is 11.9 Å². The predicted octanol–water partition coefficient (Wildman–Crippen LogP) is 1.57. The van der Waals surface area contributed by atoms with Crippen molar-refractivity contribution in [3.63, 3.8) is 0 Å². The fourth-order valence-corrected chi connectivity index (χ4v) is 4.07. The Balaban J connectivity index is 1.59. The molecule has 1 fully saturated rings. The summed E-state index contributed by atoms with van der Waals surface area (Å²) in [5.74, 6) is 1.57. The predicted molar refractivity (Wildman–Crippen MR) is 126 cm³/mol. The van der Waals surface area contributed by atoms with E-state index in [0.29, 0.717) is 57.4 Å². The number of urea groups is 1. The maximum Gasteiger partial charge on any atom is 0.319 e. The average Bonchev–Trinajstić information content (AvgIpc) is 3.22. The quantitative estimate of drug-likeness (QED) is 0.584. The number of aromatic nitrogens is 2. The van der Waals surface area contributed by atoms with Crippen LogP contribution in [0.5, 0.6) is 0 Å². The van der Waals surface area contributed by atoms with Gasteiger partial charge >= 0.3 is 6.03 Å². The van der Waals surface area contributed by atoms with Gasteiger partial charge in [-0.05, 0) is 38.1 Å². The number of amides is 3. The molecule has 3 heterocycles. The number of anilines is 2. The first kappa shape index (κ1) is 22.9. The molecule has 1 aromatic carbocycles. The molecule has 2 aromatic rings. The van der Waals surface area contributed by atoms with Crippen molar-refractivity contribution in [2.75, 3.05) is 56.2 Å². The van der Waals surface area contributed by atoms with E-state index >= 15 is 0 Å². The van der Waals surface area contributed by atoms with Gasteiger partial charge in [0.15, 0.2) is 5.82 Å². The Morgan fingerprint density at radius 3 is 2.42 bits per heavy atom. The molecule has 3 N–H and O–H groups in total. The summed E-state index contributed by atoms with van der Waals surface area (Å²) in [6, 6.07) is 7.27. The maximum absolute atomic E-state index is 12.1. The Morgan fingerprint density at radius 1 is 1.00 bits per heavy atom. The number of nitrogens with zero attached hydrogens (tertiary/aromatic N) is 4. The highest BCUT2D eigenvalue weighted by atomic mass is 16.5. The lowest BCUT2D eigenvalue weighted by molar-refractivity contribution is -0.122. The second kappa shape index (κ2) is 10.6. The van der Waals surface area contributed by atoms with E-state index in [9.17, 15) is 9.59 Å². The molecule has 33 heavy (non-hydrogen) atoms. The molecule has 176 valence electrons. The molecule has 10 nitrogen and oxygen atoms in total. The van der Waals surface area contributed by atoms with E-state index in [4.69, 9.17) is 14.7 Å². The normalized spacial score (nSPS) is 15.8. The van der Waals surface area contributed by atoms with Crippen LogP contribution in [0.2, 0.25) is 0 Å². The van der Waals surface area contributed by atoms with Crippen LogP contribution in [0.25, 0.3) is 11.4 Å². The highest BCUT2D eigenvalue weighted by Crippen LogP contribution is 2.32. The number of morpholine rings is 1. The van der Waals surface area contributed by atoms with Crippen LogP contribution < -0.4 is 20.9 Å². The molecule has 0 atom stereocenters. The molecule has 1 saturated heterocycles. The zero-order valence-electron chi connectivity index (χ0n) is 19.2. The van der Waals surface area contributed by atoms with Crippen LogP contribution in [0.4, 0.5) is 16.3 Å². The first-order valence-electron chi connectivity index (χ1n) is 11.4. The fraction of sp³-hybridized carbons (Fsp3) is 0.478. The van der Waals surface area contributed by atoms with E-state index in [0.717, 1.165) is 35.7 Å². The van der Waals surface area contributed by atoms with Gasteiger partial charge in [-0.1, -0.05) is 0 Å². The summed E-state index contributed by atoms with van der Waals surface area (Å²) in [5, 5.41) is 8.38. The molecule has 2 aliphatic rings. The molecular formula is C23H31N7O3. The van der Waals surface area contributed by atoms with Crippen LogP contribution in [-0.2, 0) is 22.6 Å². The van der Waals surface area contributed by atoms with Gasteiger partial charge in [0.2, 0.25) is 5.91 Å². The number of carbonyl (C=O) groups is 2. The average molecular weight is 454 g/mol. The van der Waals surface area contributed by atoms with Crippen molar-refractivity contribution in [3.05, 3.63) is 35.5 Å². The molecule has 0 bridgehead atoms. The minimum atomic E-state index is -0.235. The molecule has 0 spiro atoms. The zero-order chi connectivity index (χ0) is 23.2. The van der Waals surface area contributed by atoms with Gasteiger partial charge in [0.05, 0.1) is 25.5 Å². The molecule has 4 rings (SSSR count). The zero-order valence-corrected chi connectivity index (χ0v) is 19.2. The SMILES string of the molecule is CCNC(=O)CN1Cc2nc(-c3ccc(NC(=O)NCC)cc3)nc(N3CCOCC3)c2C1. The first-order valence-corrected chi connectivity index (χ1v) is 11.4. The maximum atomic E-state index is 12.1. The van der Waals surface area contributed by atoms with E-state index < -0.39 is 0 Å². The monoisotopic (exact) mass is 453 g/mol. The molecule has 2 aliphatic heterocycles. The van der Waals surface area contributed by atoms with Crippen molar-refractivity contribution in [3.8, 4) is 11.4 Å². The van der Waals surface area contributed by atoms with Gasteiger partial charge in [0.25, 0.3) is 0 Å². The smallest absolute Gasteiger partial charge is 0.319 e. The summed E-state index contributed by atoms with van der Waals surface area (Å²) >= 11 is 0. The lowest BCUT2D eigenvalue weighted by Crippen LogP contribution is -2.38. The van der Waals surface area contributed by atoms with Gasteiger partial charge in [0, 0.05) is 56.1 Å². The van der Waals surface area contributed by atoms with E-state index in [1.165, 1.54) is 0 Å². The van der Waals surface area contributed by atoms with Gasteiger partial charge < -0.3 is 25.6 Å². The van der Waals surface area contributed by atoms with Crippen molar-refractivity contribution >= 4 is 23.4 Å². The summed E-state index contributed by atoms with van der Waals surface area (Å²) in [5.41, 5.74) is 3.61. The van der Waals surface area contributed by atoms with Crippen molar-refractivity contribution in [2.45, 2.75) is 26.9 Å². The van der Waals surface area contributed by atoms with E-state index in [2.05, 4.69) is 25.8 Å². The third-order valence-electron chi connectivity index (χ3n) is 5.62. The van der Waals surface area contributed by atoms with Gasteiger partial charge in [-0.3, -0.25) is 9.69 Å². The number of likely N-dealkylation sites (N-methyl/N-ethyl adjacent to an activating group) is 1. The van der Waals surface area contributed by atoms with Crippen LogP contribution in [-0.4, -0.2) is 72.7 Å². The van der Waals surface area contributed by atoms with Gasteiger partial charge in [-0.25, -0.2) is 14.8 Å². The minimum Gasteiger partial charge on any atom is -0.378 e. The molecule has 1 aromatic heterocycles. The Labute approximate surface area is 193 Å². The van der Waals surface area contributed by atoms with Crippen molar-refractivity contribution in [2.24, 2.45) is 0 Å². The van der Waals surface area contributed by atoms with Crippen LogP contribution in [0.15, 0.2) is 24.3 Å². The topological polar surface area (TPSA) is 112 Å². The van der Waals surface area contributed by atoms with Gasteiger partial charge in [0.1, 0.15) is 5.82 Å². The minimum absolute atomic E-state index is 0.0154. The standard InChI is InChI=1S/C23H31N7O3/c1-3-24-20(31)15-29-13-18-19(14-29)27-21(28-22(18)30-9-11-33-12-10-30)16-5-7-17(8-6-16)26-23(32)25-4-2/h5-8H,3-4,9-15H2,1-2H3,(H,24,31)(H2,25,26,32). The lowest BCUT2D eigenvalue weighted by atomic mass is 10.1. The highest BCUT2D eigenvalue weighted by Gasteiger charge is 2.29. The molecule has 0 radical (unpaired) electrons. The Bertz CT molecular complexity index is 990. The van der Waals surface area contributed by atoms with Gasteiger partial charge in [-0.2, -0.15) is 0 Å². The number of carbonyl (C=O) groups excluding carboxylic acids is 2. The van der Waals surface area contributed by atoms with Gasteiger partial charge in [-0.15, -0.1) is 0 Å². The van der Waals surface area contributed by atoms with Crippen LogP contribution in [0.1, 0.15) is 25.1 Å². The van der Waals surface area contributed by atoms with Crippen LogP contribution in [0, 0.1) is 0 Å². The number of nitrogens with one attached hydrogen (secondary N) is 3. The summed E-state index contributed by atoms with van der Waals surface area (Å²) in [6.45, 7) is 9.44. The van der Waals surface area contributed by atoms with Crippen molar-refractivity contribution in [1.29, 1.82) is 0 Å². The first-order chi connectivity index (χ1) is 16.1. The van der Waals surface area contributed by atoms with E-state index in [1.807, 2.05) is 38.1 Å². The van der Waals surface area contributed by atoms with Crippen molar-refractivity contribution < 1.29 is 14.3 Å². The molecule has 10 heteroatoms. The number of hydrogen-bond acceptors (Lipinski definition) is 7. The molecule has 3 amide bonds. The Hall–Kier alpha value is -3.24. The summed E-state index contributed by atoms with van der Waals surface area (Å²) in [6.07, 6.45) is 0. The fourth-order valence-electron chi connectivity index (χ4n) is 4.07. The number of ether oxygens (including phenoxy) is 1. The summed E-state index contributed by atoms with van der Waals surface area (Å²) < 4.78 is 5.53. The lowest BCUT2D eigenvalue weighted by Gasteiger charge is -2.29. The largest absolute Gasteiger partial charge is 0.378 e. The number of fused-ring (bicyclic) bond motifs is 1. The molecule has 0 saturated carbocycles. The summed E-state index contributed by atoms with van der Waals surface area (Å²) in [4.78, 5) is 38.0. The number of hydrogen-bond donors (Lipinski definition) is 3. The second-order valence-electron chi connectivity index (χ2n) is 8.06. The van der Waals surface area contributed by atoms with Crippen LogP contribution in [0.3, 0.4) is 0 Å². The van der Waals surface area contributed by atoms with E-state index in [1.54, 1.807) is 0 Å². The third-order valence-corrected chi connectivity index (χ3v) is 5.62. The molecular weight excluding hydrogens is 422 g/mol. The second-order valence-corrected chi connectivity index (χ2v) is 8.06. The van der Waals surface area contributed by atoms with Crippen molar-refractivity contribution in [1.82, 2.24) is 25.5 Å². The summed E-state index contributed by atoms with van der Waals surface area (Å²) in [7, 11) is 0. The highest BCUT2D eigenvalue weighted by molar-refractivity contribution is 5.89. The molecule has 0 unspecified atom stereocenters. The third kappa shape index (κ3) is 5.58. The Morgan fingerprint density at radius 2 is 1.73 bits per heavy atom. The van der Waals surface area contributed by atoms with Crippen LogP contribution >= 0.6 is 0 Å². The number of rotatable bonds is 7. The Kier molecular flexibility index (Phi) is 7.36. The number of benzene rings is 1.